The van der Waals surface area contributed by atoms with Gasteiger partial charge in [-0.1, -0.05) is 64.7 Å². The van der Waals surface area contributed by atoms with E-state index in [1.165, 1.54) is 57.8 Å². The van der Waals surface area contributed by atoms with Crippen LogP contribution in [0.2, 0.25) is 0 Å². The molecule has 0 atom stereocenters. The molecule has 1 aliphatic rings. The molecule has 0 aromatic rings. The van der Waals surface area contributed by atoms with E-state index in [1.54, 1.807) is 0 Å². The van der Waals surface area contributed by atoms with Gasteiger partial charge >= 0.3 is 0 Å². The smallest absolute Gasteiger partial charge is 0.0414 e. The normalized spacial score (nSPS) is 18.3. The molecular weight excluding hydrogens is 132 g/mol. The molecule has 0 bridgehead atoms. The van der Waals surface area contributed by atoms with Crippen molar-refractivity contribution in [1.82, 2.24) is 0 Å². The molecule has 0 aromatic carbocycles. The van der Waals surface area contributed by atoms with Gasteiger partial charge in [0, 0.05) is 0 Å². The first-order chi connectivity index (χ1) is 5.43. The monoisotopic (exact) mass is 154 g/mol. The maximum Gasteiger partial charge on any atom is -0.0414 e. The molecule has 0 heteroatoms. The fourth-order valence-corrected chi connectivity index (χ4v) is 1.82. The van der Waals surface area contributed by atoms with Gasteiger partial charge in [-0.15, -0.1) is 0 Å². The Morgan fingerprint density at radius 1 is 1.00 bits per heavy atom. The molecule has 0 unspecified atom stereocenters. The van der Waals surface area contributed by atoms with Crippen molar-refractivity contribution in [3.05, 3.63) is 0 Å². The van der Waals surface area contributed by atoms with Crippen LogP contribution in [0.5, 0.6) is 0 Å². The van der Waals surface area contributed by atoms with Gasteiger partial charge in [-0.2, -0.15) is 0 Å². The fourth-order valence-electron chi connectivity index (χ4n) is 1.82. The number of rotatable bonds is 6. The Balaban J connectivity index is 1.73. The average Bonchev–Trinajstić information content (AvgIpc) is 1.93. The third-order valence-electron chi connectivity index (χ3n) is 2.94. The second-order valence-electron chi connectivity index (χ2n) is 4.00. The van der Waals surface area contributed by atoms with Crippen LogP contribution < -0.4 is 0 Å². The fraction of sp³-hybridized carbons (Fsp3) is 1.00. The first-order valence-corrected chi connectivity index (χ1v) is 5.43. The maximum atomic E-state index is 2.28. The summed E-state index contributed by atoms with van der Waals surface area (Å²) in [6.07, 6.45) is 13.4. The molecule has 0 aromatic heterocycles. The van der Waals surface area contributed by atoms with Gasteiger partial charge in [0.05, 0.1) is 0 Å². The summed E-state index contributed by atoms with van der Waals surface area (Å²) in [4.78, 5) is 0. The largest absolute Gasteiger partial charge is 0.0654 e. The average molecular weight is 154 g/mol. The summed E-state index contributed by atoms with van der Waals surface area (Å²) in [6.45, 7) is 2.28. The number of unbranched alkanes of at least 4 members (excludes halogenated alkanes) is 4. The molecular formula is C11H22. The van der Waals surface area contributed by atoms with Crippen LogP contribution in [0.15, 0.2) is 0 Å². The first kappa shape index (κ1) is 9.09. The Kier molecular flexibility index (Phi) is 4.65. The van der Waals surface area contributed by atoms with Gasteiger partial charge in [0.25, 0.3) is 0 Å². The molecule has 0 spiro atoms. The van der Waals surface area contributed by atoms with E-state index in [-0.39, 0.29) is 0 Å². The van der Waals surface area contributed by atoms with E-state index < -0.39 is 0 Å². The summed E-state index contributed by atoms with van der Waals surface area (Å²) in [5.41, 5.74) is 0. The summed E-state index contributed by atoms with van der Waals surface area (Å²) >= 11 is 0. The van der Waals surface area contributed by atoms with Gasteiger partial charge in [0.2, 0.25) is 0 Å². The lowest BCUT2D eigenvalue weighted by molar-refractivity contribution is 0.286. The maximum absolute atomic E-state index is 2.28. The van der Waals surface area contributed by atoms with Crippen LogP contribution in [-0.2, 0) is 0 Å². The molecule has 66 valence electrons. The lowest BCUT2D eigenvalue weighted by Gasteiger charge is -2.24. The van der Waals surface area contributed by atoms with Crippen molar-refractivity contribution in [2.45, 2.75) is 64.7 Å². The summed E-state index contributed by atoms with van der Waals surface area (Å²) < 4.78 is 0. The van der Waals surface area contributed by atoms with Gasteiger partial charge < -0.3 is 0 Å². The molecule has 1 aliphatic carbocycles. The third kappa shape index (κ3) is 3.79. The standard InChI is InChI=1S/C11H22/c1-2-3-4-5-6-8-11-9-7-10-11/h11H,2-10H2,1H3. The van der Waals surface area contributed by atoms with Crippen LogP contribution in [0.1, 0.15) is 64.7 Å². The topological polar surface area (TPSA) is 0 Å². The highest BCUT2D eigenvalue weighted by Crippen LogP contribution is 2.30. The molecule has 1 saturated carbocycles. The zero-order valence-electron chi connectivity index (χ0n) is 7.94. The molecule has 0 radical (unpaired) electrons. The zero-order chi connectivity index (χ0) is 7.94. The Hall–Kier alpha value is 0. The molecule has 0 saturated heterocycles. The molecule has 0 amide bonds. The predicted octanol–water partition coefficient (Wildman–Crippen LogP) is 4.15. The Morgan fingerprint density at radius 3 is 2.27 bits per heavy atom. The van der Waals surface area contributed by atoms with Gasteiger partial charge in [0.1, 0.15) is 0 Å². The lowest BCUT2D eigenvalue weighted by Crippen LogP contribution is -2.10. The van der Waals surface area contributed by atoms with Crippen LogP contribution in [0.3, 0.4) is 0 Å². The molecule has 0 aliphatic heterocycles. The van der Waals surface area contributed by atoms with Crippen molar-refractivity contribution >= 4 is 0 Å². The van der Waals surface area contributed by atoms with Crippen molar-refractivity contribution in [3.8, 4) is 0 Å². The van der Waals surface area contributed by atoms with Crippen LogP contribution in [0, 0.1) is 5.92 Å². The minimum Gasteiger partial charge on any atom is -0.0654 e. The highest BCUT2D eigenvalue weighted by molar-refractivity contribution is 4.68. The predicted molar refractivity (Wildman–Crippen MR) is 50.7 cm³/mol. The van der Waals surface area contributed by atoms with Crippen LogP contribution in [0.25, 0.3) is 0 Å². The van der Waals surface area contributed by atoms with Gasteiger partial charge in [-0.25, -0.2) is 0 Å². The second-order valence-corrected chi connectivity index (χ2v) is 4.00. The van der Waals surface area contributed by atoms with Gasteiger partial charge in [-0.3, -0.25) is 0 Å². The summed E-state index contributed by atoms with van der Waals surface area (Å²) in [5.74, 6) is 1.14. The van der Waals surface area contributed by atoms with Crippen molar-refractivity contribution in [2.24, 2.45) is 5.92 Å². The van der Waals surface area contributed by atoms with E-state index in [9.17, 15) is 0 Å². The van der Waals surface area contributed by atoms with Crippen LogP contribution in [-0.4, -0.2) is 0 Å². The van der Waals surface area contributed by atoms with Crippen molar-refractivity contribution in [1.29, 1.82) is 0 Å². The van der Waals surface area contributed by atoms with Crippen LogP contribution in [0.4, 0.5) is 0 Å². The van der Waals surface area contributed by atoms with Gasteiger partial charge in [-0.05, 0) is 5.92 Å². The van der Waals surface area contributed by atoms with Crippen LogP contribution >= 0.6 is 0 Å². The molecule has 0 nitrogen and oxygen atoms in total. The van der Waals surface area contributed by atoms with Crippen molar-refractivity contribution < 1.29 is 0 Å². The lowest BCUT2D eigenvalue weighted by atomic mass is 9.82. The Labute approximate surface area is 71.4 Å². The third-order valence-corrected chi connectivity index (χ3v) is 2.94. The zero-order valence-corrected chi connectivity index (χ0v) is 7.94. The molecule has 1 fully saturated rings. The minimum absolute atomic E-state index is 1.14. The SMILES string of the molecule is CCCCCCCC1CCC1. The highest BCUT2D eigenvalue weighted by Gasteiger charge is 2.15. The summed E-state index contributed by atoms with van der Waals surface area (Å²) in [5, 5.41) is 0. The van der Waals surface area contributed by atoms with Gasteiger partial charge in [0.15, 0.2) is 0 Å². The van der Waals surface area contributed by atoms with E-state index in [1.807, 2.05) is 0 Å². The summed E-state index contributed by atoms with van der Waals surface area (Å²) in [7, 11) is 0. The Bertz CT molecular complexity index is 82.0. The quantitative estimate of drug-likeness (QED) is 0.504. The van der Waals surface area contributed by atoms with Crippen molar-refractivity contribution in [3.63, 3.8) is 0 Å². The van der Waals surface area contributed by atoms with Crippen molar-refractivity contribution in [2.75, 3.05) is 0 Å². The second kappa shape index (κ2) is 5.62. The Morgan fingerprint density at radius 2 is 1.73 bits per heavy atom. The van der Waals surface area contributed by atoms with E-state index in [2.05, 4.69) is 6.92 Å². The molecule has 1 rings (SSSR count). The molecule has 11 heavy (non-hydrogen) atoms. The number of hydrogen-bond donors (Lipinski definition) is 0. The highest BCUT2D eigenvalue weighted by atomic mass is 14.2. The molecule has 0 N–H and O–H groups in total. The minimum atomic E-state index is 1.14. The van der Waals surface area contributed by atoms with E-state index >= 15 is 0 Å². The number of hydrogen-bond acceptors (Lipinski definition) is 0. The first-order valence-electron chi connectivity index (χ1n) is 5.43. The van der Waals surface area contributed by atoms with E-state index in [4.69, 9.17) is 0 Å². The summed E-state index contributed by atoms with van der Waals surface area (Å²) in [6, 6.07) is 0. The molecule has 0 heterocycles. The van der Waals surface area contributed by atoms with E-state index in [0.29, 0.717) is 0 Å². The van der Waals surface area contributed by atoms with E-state index in [0.717, 1.165) is 5.92 Å².